The number of thioether (sulfide) groups is 1. The second-order valence-corrected chi connectivity index (χ2v) is 8.27. The van der Waals surface area contributed by atoms with E-state index in [1.807, 2.05) is 0 Å². The maximum atomic E-state index is 12.8. The maximum absolute atomic E-state index is 12.8. The normalized spacial score (nSPS) is 11.3. The van der Waals surface area contributed by atoms with E-state index in [4.69, 9.17) is 0 Å². The summed E-state index contributed by atoms with van der Waals surface area (Å²) < 4.78 is 38.8. The number of aryl methyl sites for hydroxylation is 1. The Morgan fingerprint density at radius 3 is 2.70 bits per heavy atom. The van der Waals surface area contributed by atoms with Crippen LogP contribution < -0.4 is 5.32 Å². The zero-order valence-corrected chi connectivity index (χ0v) is 16.9. The van der Waals surface area contributed by atoms with Crippen molar-refractivity contribution in [2.75, 3.05) is 5.32 Å². The Kier molecular flexibility index (Phi) is 6.37. The van der Waals surface area contributed by atoms with Crippen molar-refractivity contribution in [3.8, 4) is 0 Å². The van der Waals surface area contributed by atoms with E-state index in [0.717, 1.165) is 23.5 Å². The van der Waals surface area contributed by atoms with Gasteiger partial charge in [-0.15, -0.1) is 10.2 Å². The predicted octanol–water partition coefficient (Wildman–Crippen LogP) is 5.32. The largest absolute Gasteiger partial charge is 0.416 e. The summed E-state index contributed by atoms with van der Waals surface area (Å²) >= 11 is 2.23. The van der Waals surface area contributed by atoms with E-state index in [9.17, 15) is 28.1 Å². The summed E-state index contributed by atoms with van der Waals surface area (Å²) in [6, 6.07) is 9.10. The fourth-order valence-corrected chi connectivity index (χ4v) is 4.11. The zero-order valence-electron chi connectivity index (χ0n) is 15.3. The van der Waals surface area contributed by atoms with Crippen LogP contribution in [0.15, 0.2) is 46.8 Å². The number of carbonyl (C=O) groups excluding carboxylic acids is 1. The van der Waals surface area contributed by atoms with Crippen LogP contribution in [0, 0.1) is 17.0 Å². The summed E-state index contributed by atoms with van der Waals surface area (Å²) in [4.78, 5) is 22.8. The van der Waals surface area contributed by atoms with E-state index in [0.29, 0.717) is 15.5 Å². The van der Waals surface area contributed by atoms with Crippen molar-refractivity contribution in [3.63, 3.8) is 0 Å². The average Bonchev–Trinajstić information content (AvgIpc) is 3.13. The van der Waals surface area contributed by atoms with Crippen LogP contribution in [0.5, 0.6) is 0 Å². The van der Waals surface area contributed by atoms with Gasteiger partial charge in [-0.05, 0) is 24.6 Å². The lowest BCUT2D eigenvalue weighted by Crippen LogP contribution is -2.12. The van der Waals surface area contributed by atoms with Crippen molar-refractivity contribution in [1.82, 2.24) is 10.2 Å². The van der Waals surface area contributed by atoms with Gasteiger partial charge in [-0.1, -0.05) is 47.4 Å². The number of amides is 1. The van der Waals surface area contributed by atoms with E-state index in [-0.39, 0.29) is 22.1 Å². The van der Waals surface area contributed by atoms with E-state index in [2.05, 4.69) is 15.5 Å². The third kappa shape index (κ3) is 5.33. The Morgan fingerprint density at radius 1 is 1.23 bits per heavy atom. The average molecular weight is 454 g/mol. The fraction of sp³-hybridized carbons (Fsp3) is 0.167. The molecular formula is C18H13F3N4O3S2. The minimum atomic E-state index is -4.41. The lowest BCUT2D eigenvalue weighted by atomic mass is 10.1. The highest BCUT2D eigenvalue weighted by Gasteiger charge is 2.30. The monoisotopic (exact) mass is 454 g/mol. The van der Waals surface area contributed by atoms with Crippen LogP contribution in [0.25, 0.3) is 0 Å². The van der Waals surface area contributed by atoms with E-state index in [1.54, 1.807) is 13.0 Å². The molecule has 0 saturated carbocycles. The van der Waals surface area contributed by atoms with Crippen molar-refractivity contribution < 1.29 is 22.9 Å². The van der Waals surface area contributed by atoms with Crippen molar-refractivity contribution in [2.45, 2.75) is 23.2 Å². The first-order valence-corrected chi connectivity index (χ1v) is 10.1. The zero-order chi connectivity index (χ0) is 21.9. The molecule has 0 aliphatic carbocycles. The van der Waals surface area contributed by atoms with Gasteiger partial charge in [-0.25, -0.2) is 0 Å². The topological polar surface area (TPSA) is 98.0 Å². The SMILES string of the molecule is Cc1ccc(C(=O)Nc2nnc(SCc3cccc(C(F)(F)F)c3)s2)cc1[N+](=O)[O-]. The van der Waals surface area contributed by atoms with Crippen LogP contribution in [0.3, 0.4) is 0 Å². The highest BCUT2D eigenvalue weighted by atomic mass is 32.2. The van der Waals surface area contributed by atoms with Crippen LogP contribution in [-0.2, 0) is 11.9 Å². The molecule has 3 rings (SSSR count). The van der Waals surface area contributed by atoms with E-state index < -0.39 is 22.6 Å². The van der Waals surface area contributed by atoms with Gasteiger partial charge in [0.05, 0.1) is 10.5 Å². The lowest BCUT2D eigenvalue weighted by Gasteiger charge is -2.07. The van der Waals surface area contributed by atoms with Gasteiger partial charge in [0, 0.05) is 22.9 Å². The molecular weight excluding hydrogens is 441 g/mol. The minimum absolute atomic E-state index is 0.0978. The van der Waals surface area contributed by atoms with Gasteiger partial charge >= 0.3 is 6.18 Å². The minimum Gasteiger partial charge on any atom is -0.296 e. The number of hydrogen-bond acceptors (Lipinski definition) is 7. The van der Waals surface area contributed by atoms with Crippen molar-refractivity contribution in [3.05, 3.63) is 74.8 Å². The molecule has 0 aliphatic heterocycles. The van der Waals surface area contributed by atoms with Crippen molar-refractivity contribution in [1.29, 1.82) is 0 Å². The molecule has 0 unspecified atom stereocenters. The molecule has 0 fully saturated rings. The molecule has 2 aromatic carbocycles. The number of nitrogens with zero attached hydrogens (tertiary/aromatic N) is 3. The molecule has 1 amide bonds. The number of nitro groups is 1. The fourth-order valence-electron chi connectivity index (χ4n) is 2.42. The molecule has 1 heterocycles. The molecule has 1 aromatic heterocycles. The molecule has 12 heteroatoms. The predicted molar refractivity (Wildman–Crippen MR) is 107 cm³/mol. The van der Waals surface area contributed by atoms with Gasteiger partial charge in [0.2, 0.25) is 5.13 Å². The summed E-state index contributed by atoms with van der Waals surface area (Å²) in [7, 11) is 0. The molecule has 0 atom stereocenters. The molecule has 0 bridgehead atoms. The smallest absolute Gasteiger partial charge is 0.296 e. The molecule has 0 saturated heterocycles. The number of carbonyl (C=O) groups is 1. The van der Waals surface area contributed by atoms with Crippen LogP contribution in [-0.4, -0.2) is 21.0 Å². The first-order chi connectivity index (χ1) is 14.1. The first-order valence-electron chi connectivity index (χ1n) is 8.32. The first kappa shape index (κ1) is 21.7. The molecule has 0 aliphatic rings. The standard InChI is InChI=1S/C18H13F3N4O3S2/c1-10-5-6-12(8-14(10)25(27)28)15(26)22-16-23-24-17(30-16)29-9-11-3-2-4-13(7-11)18(19,20)21/h2-8H,9H2,1H3,(H,22,23,26). The Morgan fingerprint density at radius 2 is 2.00 bits per heavy atom. The molecule has 156 valence electrons. The third-order valence-electron chi connectivity index (χ3n) is 3.91. The van der Waals surface area contributed by atoms with Crippen LogP contribution in [0.4, 0.5) is 24.0 Å². The number of benzene rings is 2. The summed E-state index contributed by atoms with van der Waals surface area (Å²) in [5.74, 6) is -0.333. The van der Waals surface area contributed by atoms with Gasteiger partial charge in [-0.2, -0.15) is 13.2 Å². The van der Waals surface area contributed by atoms with E-state index >= 15 is 0 Å². The number of rotatable bonds is 6. The molecule has 30 heavy (non-hydrogen) atoms. The number of hydrogen-bond donors (Lipinski definition) is 1. The molecule has 0 spiro atoms. The quantitative estimate of drug-likeness (QED) is 0.234. The summed E-state index contributed by atoms with van der Waals surface area (Å²) in [6.45, 7) is 1.57. The number of nitro benzene ring substituents is 1. The molecule has 7 nitrogen and oxygen atoms in total. The second kappa shape index (κ2) is 8.79. The molecule has 1 N–H and O–H groups in total. The number of halogens is 3. The van der Waals surface area contributed by atoms with E-state index in [1.165, 1.54) is 36.0 Å². The number of aromatic nitrogens is 2. The maximum Gasteiger partial charge on any atom is 0.416 e. The third-order valence-corrected chi connectivity index (χ3v) is 5.95. The van der Waals surface area contributed by atoms with Gasteiger partial charge in [0.1, 0.15) is 0 Å². The van der Waals surface area contributed by atoms with Gasteiger partial charge in [0.15, 0.2) is 4.34 Å². The number of anilines is 1. The highest BCUT2D eigenvalue weighted by Crippen LogP contribution is 2.32. The number of alkyl halides is 3. The Balaban J connectivity index is 1.64. The van der Waals surface area contributed by atoms with Crippen LogP contribution in [0.2, 0.25) is 0 Å². The molecule has 3 aromatic rings. The van der Waals surface area contributed by atoms with Gasteiger partial charge in [0.25, 0.3) is 11.6 Å². The van der Waals surface area contributed by atoms with Crippen molar-refractivity contribution in [2.24, 2.45) is 0 Å². The van der Waals surface area contributed by atoms with Crippen LogP contribution >= 0.6 is 23.1 Å². The lowest BCUT2D eigenvalue weighted by molar-refractivity contribution is -0.385. The second-order valence-electron chi connectivity index (χ2n) is 6.07. The highest BCUT2D eigenvalue weighted by molar-refractivity contribution is 8.00. The van der Waals surface area contributed by atoms with Gasteiger partial charge in [-0.3, -0.25) is 20.2 Å². The van der Waals surface area contributed by atoms with Gasteiger partial charge < -0.3 is 0 Å². The Labute approximate surface area is 176 Å². The summed E-state index contributed by atoms with van der Waals surface area (Å²) in [6.07, 6.45) is -4.41. The molecule has 0 radical (unpaired) electrons. The summed E-state index contributed by atoms with van der Waals surface area (Å²) in [5, 5.41) is 21.4. The van der Waals surface area contributed by atoms with Crippen LogP contribution in [0.1, 0.15) is 27.0 Å². The Bertz CT molecular complexity index is 1100. The Hall–Kier alpha value is -2.99. The summed E-state index contributed by atoms with van der Waals surface area (Å²) in [5.41, 5.74) is 0.110. The van der Waals surface area contributed by atoms with Crippen molar-refractivity contribution >= 4 is 39.8 Å². The number of nitrogens with one attached hydrogen (secondary N) is 1.